The highest BCUT2D eigenvalue weighted by molar-refractivity contribution is 9.09. The summed E-state index contributed by atoms with van der Waals surface area (Å²) in [5, 5.41) is 0. The number of ether oxygens (including phenoxy) is 2. The molecule has 17 heavy (non-hydrogen) atoms. The van der Waals surface area contributed by atoms with Gasteiger partial charge in [0.25, 0.3) is 0 Å². The van der Waals surface area contributed by atoms with Crippen molar-refractivity contribution in [3.63, 3.8) is 0 Å². The van der Waals surface area contributed by atoms with Crippen LogP contribution in [0, 0.1) is 0 Å². The van der Waals surface area contributed by atoms with Crippen LogP contribution >= 0.6 is 15.9 Å². The topological polar surface area (TPSA) is 35.5 Å². The molecule has 0 aromatic heterocycles. The largest absolute Gasteiger partial charge is 0.494 e. The predicted molar refractivity (Wildman–Crippen MR) is 72.6 cm³/mol. The molecule has 0 fully saturated rings. The standard InChI is InChI=1S/C12H15BrO3.CH4/c1-3-15-10-7-5-9(6-8-10)11(13)12(14)16-4-2;/h5-8,11H,3-4H2,1-2H3;1H4. The third-order valence-electron chi connectivity index (χ3n) is 1.98. The second-order valence-corrected chi connectivity index (χ2v) is 4.03. The third-order valence-corrected chi connectivity index (χ3v) is 2.88. The molecule has 0 aliphatic rings. The SMILES string of the molecule is C.CCOC(=O)C(Br)c1ccc(OCC)cc1. The highest BCUT2D eigenvalue weighted by atomic mass is 79.9. The van der Waals surface area contributed by atoms with E-state index in [2.05, 4.69) is 15.9 Å². The molecule has 0 radical (unpaired) electrons. The van der Waals surface area contributed by atoms with Gasteiger partial charge in [0.2, 0.25) is 0 Å². The van der Waals surface area contributed by atoms with E-state index in [1.807, 2.05) is 31.2 Å². The Hall–Kier alpha value is -1.03. The summed E-state index contributed by atoms with van der Waals surface area (Å²) in [6, 6.07) is 7.38. The van der Waals surface area contributed by atoms with Crippen LogP contribution in [-0.4, -0.2) is 19.2 Å². The van der Waals surface area contributed by atoms with E-state index in [1.165, 1.54) is 0 Å². The first kappa shape index (κ1) is 16.0. The molecular weight excluding hydrogens is 284 g/mol. The molecule has 96 valence electrons. The summed E-state index contributed by atoms with van der Waals surface area (Å²) in [6.45, 7) is 4.74. The summed E-state index contributed by atoms with van der Waals surface area (Å²) >= 11 is 3.30. The van der Waals surface area contributed by atoms with Crippen molar-refractivity contribution in [2.45, 2.75) is 26.1 Å². The number of halogens is 1. The number of alkyl halides is 1. The van der Waals surface area contributed by atoms with Crippen LogP contribution in [0.5, 0.6) is 5.75 Å². The summed E-state index contributed by atoms with van der Waals surface area (Å²) in [5.41, 5.74) is 0.863. The fourth-order valence-corrected chi connectivity index (χ4v) is 1.69. The zero-order valence-corrected chi connectivity index (χ0v) is 11.0. The van der Waals surface area contributed by atoms with Crippen LogP contribution in [0.1, 0.15) is 31.7 Å². The first-order valence-electron chi connectivity index (χ1n) is 5.22. The van der Waals surface area contributed by atoms with E-state index in [1.54, 1.807) is 6.92 Å². The van der Waals surface area contributed by atoms with Crippen molar-refractivity contribution >= 4 is 21.9 Å². The number of esters is 1. The molecule has 1 unspecified atom stereocenters. The Labute approximate surface area is 111 Å². The summed E-state index contributed by atoms with van der Waals surface area (Å²) < 4.78 is 10.2. The van der Waals surface area contributed by atoms with Gasteiger partial charge in [-0.1, -0.05) is 35.5 Å². The van der Waals surface area contributed by atoms with E-state index in [4.69, 9.17) is 9.47 Å². The lowest BCUT2D eigenvalue weighted by Gasteiger charge is -2.10. The lowest BCUT2D eigenvalue weighted by atomic mass is 10.1. The van der Waals surface area contributed by atoms with Crippen molar-refractivity contribution in [2.24, 2.45) is 0 Å². The molecule has 1 atom stereocenters. The average molecular weight is 303 g/mol. The van der Waals surface area contributed by atoms with Crippen molar-refractivity contribution in [3.05, 3.63) is 29.8 Å². The minimum atomic E-state index is -0.414. The molecule has 0 spiro atoms. The van der Waals surface area contributed by atoms with Crippen molar-refractivity contribution in [2.75, 3.05) is 13.2 Å². The number of carbonyl (C=O) groups excluding carboxylic acids is 1. The van der Waals surface area contributed by atoms with Gasteiger partial charge in [0.15, 0.2) is 0 Å². The van der Waals surface area contributed by atoms with Gasteiger partial charge in [-0.05, 0) is 31.5 Å². The predicted octanol–water partition coefficient (Wildman–Crippen LogP) is 3.72. The lowest BCUT2D eigenvalue weighted by Crippen LogP contribution is -2.10. The Balaban J connectivity index is 0.00000256. The summed E-state index contributed by atoms with van der Waals surface area (Å²) in [4.78, 5) is 11.0. The van der Waals surface area contributed by atoms with Gasteiger partial charge in [-0.3, -0.25) is 4.79 Å². The Morgan fingerprint density at radius 1 is 1.24 bits per heavy atom. The molecule has 3 nitrogen and oxygen atoms in total. The highest BCUT2D eigenvalue weighted by Gasteiger charge is 2.17. The molecule has 1 rings (SSSR count). The van der Waals surface area contributed by atoms with Gasteiger partial charge in [0.05, 0.1) is 13.2 Å². The fourth-order valence-electron chi connectivity index (χ4n) is 1.25. The van der Waals surface area contributed by atoms with Crippen LogP contribution < -0.4 is 4.74 Å². The molecule has 0 N–H and O–H groups in total. The number of benzene rings is 1. The minimum Gasteiger partial charge on any atom is -0.494 e. The Morgan fingerprint density at radius 3 is 2.29 bits per heavy atom. The summed E-state index contributed by atoms with van der Waals surface area (Å²) in [7, 11) is 0. The summed E-state index contributed by atoms with van der Waals surface area (Å²) in [6.07, 6.45) is 0. The second-order valence-electron chi connectivity index (χ2n) is 3.12. The van der Waals surface area contributed by atoms with Gasteiger partial charge >= 0.3 is 5.97 Å². The number of carbonyl (C=O) groups is 1. The number of hydrogen-bond donors (Lipinski definition) is 0. The van der Waals surface area contributed by atoms with Crippen molar-refractivity contribution in [3.8, 4) is 5.75 Å². The first-order valence-corrected chi connectivity index (χ1v) is 6.14. The lowest BCUT2D eigenvalue weighted by molar-refractivity contribution is -0.142. The maximum atomic E-state index is 11.5. The van der Waals surface area contributed by atoms with E-state index in [-0.39, 0.29) is 13.4 Å². The van der Waals surface area contributed by atoms with Crippen LogP contribution in [0.2, 0.25) is 0 Å². The molecule has 0 aliphatic heterocycles. The van der Waals surface area contributed by atoms with Gasteiger partial charge in [0, 0.05) is 0 Å². The quantitative estimate of drug-likeness (QED) is 0.614. The number of rotatable bonds is 5. The molecule has 0 saturated heterocycles. The van der Waals surface area contributed by atoms with Crippen LogP contribution in [0.4, 0.5) is 0 Å². The molecule has 0 heterocycles. The Bertz CT molecular complexity index is 335. The van der Waals surface area contributed by atoms with Gasteiger partial charge in [0.1, 0.15) is 10.6 Å². The maximum absolute atomic E-state index is 11.5. The molecule has 0 aliphatic carbocycles. The van der Waals surface area contributed by atoms with Crippen LogP contribution in [0.15, 0.2) is 24.3 Å². The Morgan fingerprint density at radius 2 is 1.82 bits per heavy atom. The Kier molecular flexibility index (Phi) is 7.63. The van der Waals surface area contributed by atoms with E-state index in [9.17, 15) is 4.79 Å². The van der Waals surface area contributed by atoms with Crippen LogP contribution in [0.25, 0.3) is 0 Å². The smallest absolute Gasteiger partial charge is 0.324 e. The zero-order chi connectivity index (χ0) is 12.0. The van der Waals surface area contributed by atoms with Gasteiger partial charge in [-0.25, -0.2) is 0 Å². The van der Waals surface area contributed by atoms with E-state index in [0.717, 1.165) is 11.3 Å². The monoisotopic (exact) mass is 302 g/mol. The molecule has 0 saturated carbocycles. The second kappa shape index (κ2) is 8.12. The van der Waals surface area contributed by atoms with E-state index < -0.39 is 4.83 Å². The maximum Gasteiger partial charge on any atom is 0.324 e. The fraction of sp³-hybridized carbons (Fsp3) is 0.462. The van der Waals surface area contributed by atoms with Gasteiger partial charge in [-0.2, -0.15) is 0 Å². The van der Waals surface area contributed by atoms with Crippen molar-refractivity contribution < 1.29 is 14.3 Å². The van der Waals surface area contributed by atoms with Crippen molar-refractivity contribution in [1.29, 1.82) is 0 Å². The molecule has 1 aromatic carbocycles. The normalized spacial score (nSPS) is 11.2. The van der Waals surface area contributed by atoms with E-state index in [0.29, 0.717) is 13.2 Å². The first-order chi connectivity index (χ1) is 7.69. The van der Waals surface area contributed by atoms with Gasteiger partial charge < -0.3 is 9.47 Å². The molecule has 0 amide bonds. The minimum absolute atomic E-state index is 0. The molecule has 0 bridgehead atoms. The molecule has 1 aromatic rings. The molecular formula is C13H19BrO3. The third kappa shape index (κ3) is 4.77. The van der Waals surface area contributed by atoms with Crippen molar-refractivity contribution in [1.82, 2.24) is 0 Å². The van der Waals surface area contributed by atoms with Crippen LogP contribution in [-0.2, 0) is 9.53 Å². The zero-order valence-electron chi connectivity index (χ0n) is 9.40. The number of hydrogen-bond acceptors (Lipinski definition) is 3. The summed E-state index contributed by atoms with van der Waals surface area (Å²) in [5.74, 6) is 0.529. The highest BCUT2D eigenvalue weighted by Crippen LogP contribution is 2.26. The average Bonchev–Trinajstić information content (AvgIpc) is 2.30. The molecule has 4 heteroatoms. The van der Waals surface area contributed by atoms with Crippen LogP contribution in [0.3, 0.4) is 0 Å². The van der Waals surface area contributed by atoms with Gasteiger partial charge in [-0.15, -0.1) is 0 Å². The van der Waals surface area contributed by atoms with E-state index >= 15 is 0 Å².